The van der Waals surface area contributed by atoms with Gasteiger partial charge in [0.2, 0.25) is 0 Å². The lowest BCUT2D eigenvalue weighted by molar-refractivity contribution is 0.100. The van der Waals surface area contributed by atoms with Crippen LogP contribution < -0.4 is 0 Å². The van der Waals surface area contributed by atoms with Gasteiger partial charge in [0.25, 0.3) is 0 Å². The first-order valence-corrected chi connectivity index (χ1v) is 5.15. The third kappa shape index (κ3) is 2.29. The van der Waals surface area contributed by atoms with Crippen molar-refractivity contribution in [2.24, 2.45) is 13.0 Å². The number of aryl methyl sites for hydroxylation is 1. The Labute approximate surface area is 83.1 Å². The number of hydrogen-bond acceptors (Lipinski definition) is 4. The molecular weight excluding hydrogens is 180 g/mol. The van der Waals surface area contributed by atoms with Crippen LogP contribution in [0.2, 0.25) is 0 Å². The summed E-state index contributed by atoms with van der Waals surface area (Å²) in [6.07, 6.45) is 4.86. The Morgan fingerprint density at radius 2 is 2.36 bits per heavy atom. The van der Waals surface area contributed by atoms with Crippen molar-refractivity contribution in [2.75, 3.05) is 0 Å². The van der Waals surface area contributed by atoms with E-state index in [0.29, 0.717) is 5.92 Å². The summed E-state index contributed by atoms with van der Waals surface area (Å²) in [6, 6.07) is 0. The van der Waals surface area contributed by atoms with Crippen LogP contribution in [0.4, 0.5) is 0 Å². The third-order valence-corrected chi connectivity index (χ3v) is 2.78. The Morgan fingerprint density at radius 3 is 3.00 bits per heavy atom. The average Bonchev–Trinajstić information content (AvgIpc) is 2.51. The minimum atomic E-state index is -0.120. The molecule has 0 bridgehead atoms. The van der Waals surface area contributed by atoms with Crippen LogP contribution in [0.15, 0.2) is 0 Å². The van der Waals surface area contributed by atoms with Crippen molar-refractivity contribution in [3.8, 4) is 0 Å². The highest BCUT2D eigenvalue weighted by Gasteiger charge is 2.21. The number of rotatable bonds is 2. The SMILES string of the molecule is Cn1nnc(CC2CCCC(O)C2)n1. The second-order valence-corrected chi connectivity index (χ2v) is 4.09. The molecule has 1 fully saturated rings. The molecular formula is C9H16N4O. The Balaban J connectivity index is 1.90. The molecule has 0 saturated heterocycles. The summed E-state index contributed by atoms with van der Waals surface area (Å²) < 4.78 is 0. The van der Waals surface area contributed by atoms with Crippen LogP contribution in [0.1, 0.15) is 31.5 Å². The van der Waals surface area contributed by atoms with E-state index >= 15 is 0 Å². The Morgan fingerprint density at radius 1 is 1.50 bits per heavy atom. The number of aliphatic hydroxyl groups is 1. The molecule has 0 aromatic carbocycles. The van der Waals surface area contributed by atoms with Gasteiger partial charge in [-0.2, -0.15) is 4.80 Å². The third-order valence-electron chi connectivity index (χ3n) is 2.78. The van der Waals surface area contributed by atoms with Crippen molar-refractivity contribution >= 4 is 0 Å². The van der Waals surface area contributed by atoms with Crippen molar-refractivity contribution in [1.29, 1.82) is 0 Å². The predicted octanol–water partition coefficient (Wildman–Crippen LogP) is 0.304. The van der Waals surface area contributed by atoms with Crippen LogP contribution >= 0.6 is 0 Å². The molecule has 1 N–H and O–H groups in total. The minimum Gasteiger partial charge on any atom is -0.393 e. The summed E-state index contributed by atoms with van der Waals surface area (Å²) in [7, 11) is 1.77. The maximum Gasteiger partial charge on any atom is 0.175 e. The predicted molar refractivity (Wildman–Crippen MR) is 50.5 cm³/mol. The van der Waals surface area contributed by atoms with E-state index < -0.39 is 0 Å². The van der Waals surface area contributed by atoms with Crippen LogP contribution in [0.25, 0.3) is 0 Å². The molecule has 0 amide bonds. The number of nitrogens with zero attached hydrogens (tertiary/aromatic N) is 4. The molecule has 1 aliphatic rings. The van der Waals surface area contributed by atoms with Crippen molar-refractivity contribution in [1.82, 2.24) is 20.2 Å². The number of aliphatic hydroxyl groups excluding tert-OH is 1. The summed E-state index contributed by atoms with van der Waals surface area (Å²) in [5.41, 5.74) is 0. The molecule has 1 aromatic heterocycles. The molecule has 0 radical (unpaired) electrons. The summed E-state index contributed by atoms with van der Waals surface area (Å²) in [6.45, 7) is 0. The van der Waals surface area contributed by atoms with Gasteiger partial charge in [-0.15, -0.1) is 10.2 Å². The maximum absolute atomic E-state index is 9.50. The van der Waals surface area contributed by atoms with Crippen molar-refractivity contribution in [3.05, 3.63) is 5.82 Å². The fraction of sp³-hybridized carbons (Fsp3) is 0.889. The van der Waals surface area contributed by atoms with Gasteiger partial charge in [0.15, 0.2) is 5.82 Å². The smallest absolute Gasteiger partial charge is 0.175 e. The molecule has 78 valence electrons. The highest BCUT2D eigenvalue weighted by atomic mass is 16.3. The highest BCUT2D eigenvalue weighted by molar-refractivity contribution is 4.84. The zero-order valence-electron chi connectivity index (χ0n) is 8.43. The van der Waals surface area contributed by atoms with E-state index in [0.717, 1.165) is 31.5 Å². The molecule has 14 heavy (non-hydrogen) atoms. The lowest BCUT2D eigenvalue weighted by atomic mass is 9.85. The maximum atomic E-state index is 9.50. The second-order valence-electron chi connectivity index (χ2n) is 4.09. The monoisotopic (exact) mass is 196 g/mol. The van der Waals surface area contributed by atoms with Gasteiger partial charge in [0.05, 0.1) is 13.2 Å². The first-order chi connectivity index (χ1) is 6.74. The molecule has 0 aliphatic heterocycles. The number of aromatic nitrogens is 4. The van der Waals surface area contributed by atoms with Gasteiger partial charge in [-0.1, -0.05) is 6.42 Å². The lowest BCUT2D eigenvalue weighted by Crippen LogP contribution is -2.21. The average molecular weight is 196 g/mol. The van der Waals surface area contributed by atoms with Crippen LogP contribution in [0.3, 0.4) is 0 Å². The van der Waals surface area contributed by atoms with Crippen LogP contribution in [0, 0.1) is 5.92 Å². The van der Waals surface area contributed by atoms with Gasteiger partial charge in [-0.3, -0.25) is 0 Å². The lowest BCUT2D eigenvalue weighted by Gasteiger charge is -2.24. The Hall–Kier alpha value is -0.970. The van der Waals surface area contributed by atoms with Crippen molar-refractivity contribution < 1.29 is 5.11 Å². The van der Waals surface area contributed by atoms with E-state index in [-0.39, 0.29) is 6.10 Å². The highest BCUT2D eigenvalue weighted by Crippen LogP contribution is 2.26. The first-order valence-electron chi connectivity index (χ1n) is 5.15. The summed E-state index contributed by atoms with van der Waals surface area (Å²) in [4.78, 5) is 1.48. The van der Waals surface area contributed by atoms with Crippen LogP contribution in [-0.4, -0.2) is 31.4 Å². The van der Waals surface area contributed by atoms with E-state index in [4.69, 9.17) is 0 Å². The molecule has 1 aromatic rings. The zero-order chi connectivity index (χ0) is 9.97. The molecule has 1 heterocycles. The van der Waals surface area contributed by atoms with E-state index in [1.54, 1.807) is 7.05 Å². The molecule has 1 saturated carbocycles. The van der Waals surface area contributed by atoms with E-state index in [9.17, 15) is 5.11 Å². The van der Waals surface area contributed by atoms with Gasteiger partial charge in [0, 0.05) is 6.42 Å². The van der Waals surface area contributed by atoms with Gasteiger partial charge >= 0.3 is 0 Å². The fourth-order valence-electron chi connectivity index (χ4n) is 2.11. The molecule has 5 heteroatoms. The second kappa shape index (κ2) is 4.04. The Kier molecular flexibility index (Phi) is 2.77. The minimum absolute atomic E-state index is 0.120. The Bertz CT molecular complexity index is 299. The summed E-state index contributed by atoms with van der Waals surface area (Å²) in [5, 5.41) is 21.4. The summed E-state index contributed by atoms with van der Waals surface area (Å²) in [5.74, 6) is 1.33. The standard InChI is InChI=1S/C9H16N4O/c1-13-11-9(10-12-13)6-7-3-2-4-8(14)5-7/h7-8,14H,2-6H2,1H3. The van der Waals surface area contributed by atoms with Crippen LogP contribution in [0.5, 0.6) is 0 Å². The molecule has 2 atom stereocenters. The zero-order valence-corrected chi connectivity index (χ0v) is 8.43. The van der Waals surface area contributed by atoms with E-state index in [2.05, 4.69) is 15.4 Å². The van der Waals surface area contributed by atoms with Gasteiger partial charge in [0.1, 0.15) is 0 Å². The normalized spacial score (nSPS) is 27.9. The van der Waals surface area contributed by atoms with Gasteiger partial charge < -0.3 is 5.11 Å². The van der Waals surface area contributed by atoms with Crippen LogP contribution in [-0.2, 0) is 13.5 Å². The van der Waals surface area contributed by atoms with Gasteiger partial charge in [-0.05, 0) is 30.4 Å². The molecule has 5 nitrogen and oxygen atoms in total. The van der Waals surface area contributed by atoms with E-state index in [1.165, 1.54) is 11.2 Å². The number of tetrazole rings is 1. The molecule has 0 spiro atoms. The fourth-order valence-corrected chi connectivity index (χ4v) is 2.11. The van der Waals surface area contributed by atoms with Crippen molar-refractivity contribution in [3.63, 3.8) is 0 Å². The first kappa shape index (κ1) is 9.58. The topological polar surface area (TPSA) is 63.8 Å². The van der Waals surface area contributed by atoms with E-state index in [1.807, 2.05) is 0 Å². The quantitative estimate of drug-likeness (QED) is 0.739. The molecule has 1 aliphatic carbocycles. The summed E-state index contributed by atoms with van der Waals surface area (Å²) >= 11 is 0. The molecule has 2 unspecified atom stereocenters. The number of hydrogen-bond donors (Lipinski definition) is 1. The van der Waals surface area contributed by atoms with Gasteiger partial charge in [-0.25, -0.2) is 0 Å². The molecule has 2 rings (SSSR count). The van der Waals surface area contributed by atoms with Crippen molar-refractivity contribution in [2.45, 2.75) is 38.2 Å². The largest absolute Gasteiger partial charge is 0.393 e.